The third-order valence-corrected chi connectivity index (χ3v) is 7.30. The van der Waals surface area contributed by atoms with Gasteiger partial charge >= 0.3 is 6.18 Å². The van der Waals surface area contributed by atoms with Crippen LogP contribution in [-0.2, 0) is 25.7 Å². The molecule has 0 radical (unpaired) electrons. The Labute approximate surface area is 161 Å². The van der Waals surface area contributed by atoms with Gasteiger partial charge in [0.1, 0.15) is 10.4 Å². The number of sulfonamides is 1. The van der Waals surface area contributed by atoms with E-state index in [2.05, 4.69) is 4.98 Å². The van der Waals surface area contributed by atoms with Crippen molar-refractivity contribution in [3.63, 3.8) is 0 Å². The third-order valence-electron chi connectivity index (χ3n) is 5.31. The van der Waals surface area contributed by atoms with Gasteiger partial charge in [0.05, 0.1) is 6.61 Å². The largest absolute Gasteiger partial charge is 0.434 e. The standard InChI is InChI=1S/C17H22F3N3O4S/c1-27-12-11-22-9-3-6-16(15(22)24)7-4-10-23(16)28(25,26)13-5-2-8-21-14(13)17(18,19)20/h2,5,8H,3-4,6-7,9-12H2,1H3. The van der Waals surface area contributed by atoms with Crippen LogP contribution in [0.2, 0.25) is 0 Å². The minimum absolute atomic E-state index is 0.00160. The zero-order valence-corrected chi connectivity index (χ0v) is 16.2. The monoisotopic (exact) mass is 421 g/mol. The van der Waals surface area contributed by atoms with Gasteiger partial charge < -0.3 is 9.64 Å². The molecule has 11 heteroatoms. The molecule has 3 rings (SSSR count). The topological polar surface area (TPSA) is 79.8 Å². The van der Waals surface area contributed by atoms with Gasteiger partial charge in [-0.25, -0.2) is 8.42 Å². The zero-order chi connectivity index (χ0) is 20.6. The number of pyridine rings is 1. The Morgan fingerprint density at radius 2 is 1.93 bits per heavy atom. The molecule has 2 aliphatic rings. The van der Waals surface area contributed by atoms with Crippen molar-refractivity contribution in [2.45, 2.75) is 42.3 Å². The fraction of sp³-hybridized carbons (Fsp3) is 0.647. The number of amides is 1. The Morgan fingerprint density at radius 3 is 2.57 bits per heavy atom. The van der Waals surface area contributed by atoms with Gasteiger partial charge in [-0.15, -0.1) is 0 Å². The van der Waals surface area contributed by atoms with Gasteiger partial charge in [-0.05, 0) is 37.8 Å². The van der Waals surface area contributed by atoms with Crippen LogP contribution in [-0.4, -0.2) is 67.4 Å². The number of alkyl halides is 3. The number of halogens is 3. The molecule has 0 aromatic carbocycles. The van der Waals surface area contributed by atoms with E-state index in [1.165, 1.54) is 12.0 Å². The molecule has 3 heterocycles. The first kappa shape index (κ1) is 21.0. The summed E-state index contributed by atoms with van der Waals surface area (Å²) in [6.45, 7) is 1.08. The number of nitrogens with zero attached hydrogens (tertiary/aromatic N) is 3. The first-order chi connectivity index (χ1) is 13.1. The maximum atomic E-state index is 13.3. The van der Waals surface area contributed by atoms with Gasteiger partial charge in [-0.3, -0.25) is 9.78 Å². The lowest BCUT2D eigenvalue weighted by atomic mass is 9.86. The summed E-state index contributed by atoms with van der Waals surface area (Å²) in [5, 5.41) is 0. The third kappa shape index (κ3) is 3.50. The van der Waals surface area contributed by atoms with E-state index in [4.69, 9.17) is 4.74 Å². The Balaban J connectivity index is 2.02. The van der Waals surface area contributed by atoms with E-state index in [0.717, 1.165) is 22.6 Å². The van der Waals surface area contributed by atoms with E-state index in [9.17, 15) is 26.4 Å². The maximum absolute atomic E-state index is 13.3. The Kier molecular flexibility index (Phi) is 5.70. The van der Waals surface area contributed by atoms with E-state index in [-0.39, 0.29) is 25.3 Å². The van der Waals surface area contributed by atoms with Crippen LogP contribution in [0.25, 0.3) is 0 Å². The van der Waals surface area contributed by atoms with Crippen LogP contribution >= 0.6 is 0 Å². The first-order valence-electron chi connectivity index (χ1n) is 8.98. The molecule has 0 bridgehead atoms. The molecular formula is C17H22F3N3O4S. The van der Waals surface area contributed by atoms with Crippen molar-refractivity contribution in [1.29, 1.82) is 0 Å². The minimum Gasteiger partial charge on any atom is -0.383 e. The van der Waals surface area contributed by atoms with Gasteiger partial charge in [0.15, 0.2) is 5.69 Å². The van der Waals surface area contributed by atoms with Gasteiger partial charge in [-0.1, -0.05) is 0 Å². The second-order valence-corrected chi connectivity index (χ2v) is 8.78. The molecule has 1 spiro atoms. The number of piperidine rings is 1. The molecule has 0 saturated carbocycles. The molecular weight excluding hydrogens is 399 g/mol. The average Bonchev–Trinajstić information content (AvgIpc) is 3.08. The number of likely N-dealkylation sites (tertiary alicyclic amines) is 1. The number of carbonyl (C=O) groups excluding carboxylic acids is 1. The highest BCUT2D eigenvalue weighted by molar-refractivity contribution is 7.89. The van der Waals surface area contributed by atoms with Crippen molar-refractivity contribution in [2.75, 3.05) is 33.4 Å². The van der Waals surface area contributed by atoms with Crippen molar-refractivity contribution in [3.8, 4) is 0 Å². The zero-order valence-electron chi connectivity index (χ0n) is 15.4. The molecule has 1 unspecified atom stereocenters. The van der Waals surface area contributed by atoms with Crippen LogP contribution in [0.3, 0.4) is 0 Å². The maximum Gasteiger partial charge on any atom is 0.434 e. The molecule has 1 aromatic rings. The van der Waals surface area contributed by atoms with Crippen LogP contribution < -0.4 is 0 Å². The summed E-state index contributed by atoms with van der Waals surface area (Å²) in [6.07, 6.45) is -2.46. The summed E-state index contributed by atoms with van der Waals surface area (Å²) >= 11 is 0. The lowest BCUT2D eigenvalue weighted by molar-refractivity contribution is -0.145. The molecule has 7 nitrogen and oxygen atoms in total. The van der Waals surface area contributed by atoms with Crippen molar-refractivity contribution in [1.82, 2.24) is 14.2 Å². The second kappa shape index (κ2) is 7.60. The van der Waals surface area contributed by atoms with Crippen LogP contribution in [0.4, 0.5) is 13.2 Å². The lowest BCUT2D eigenvalue weighted by Crippen LogP contribution is -2.61. The number of rotatable bonds is 5. The summed E-state index contributed by atoms with van der Waals surface area (Å²) in [4.78, 5) is 17.0. The molecule has 28 heavy (non-hydrogen) atoms. The number of carbonyl (C=O) groups is 1. The summed E-state index contributed by atoms with van der Waals surface area (Å²) in [5.41, 5.74) is -2.81. The minimum atomic E-state index is -4.92. The van der Waals surface area contributed by atoms with Gasteiger partial charge in [-0.2, -0.15) is 17.5 Å². The number of hydrogen-bond acceptors (Lipinski definition) is 5. The second-order valence-electron chi connectivity index (χ2n) is 6.95. The normalized spacial score (nSPS) is 24.3. The van der Waals surface area contributed by atoms with Gasteiger partial charge in [0, 0.05) is 32.9 Å². The smallest absolute Gasteiger partial charge is 0.383 e. The van der Waals surface area contributed by atoms with E-state index in [0.29, 0.717) is 32.5 Å². The molecule has 2 aliphatic heterocycles. The SMILES string of the molecule is COCCN1CCCC2(CCCN2S(=O)(=O)c2cccnc2C(F)(F)F)C1=O. The van der Waals surface area contributed by atoms with E-state index < -0.39 is 32.3 Å². The lowest BCUT2D eigenvalue weighted by Gasteiger charge is -2.43. The van der Waals surface area contributed by atoms with Crippen molar-refractivity contribution in [2.24, 2.45) is 0 Å². The highest BCUT2D eigenvalue weighted by Gasteiger charge is 2.56. The van der Waals surface area contributed by atoms with Crippen LogP contribution in [0.1, 0.15) is 31.4 Å². The number of methoxy groups -OCH3 is 1. The van der Waals surface area contributed by atoms with Crippen molar-refractivity contribution >= 4 is 15.9 Å². The number of hydrogen-bond donors (Lipinski definition) is 0. The summed E-state index contributed by atoms with van der Waals surface area (Å²) in [7, 11) is -3.07. The Bertz CT molecular complexity index is 846. The highest BCUT2D eigenvalue weighted by atomic mass is 32.2. The highest BCUT2D eigenvalue weighted by Crippen LogP contribution is 2.43. The predicted octanol–water partition coefficient (Wildman–Crippen LogP) is 1.89. The van der Waals surface area contributed by atoms with Crippen molar-refractivity contribution in [3.05, 3.63) is 24.0 Å². The quantitative estimate of drug-likeness (QED) is 0.726. The fourth-order valence-electron chi connectivity index (χ4n) is 4.08. The van der Waals surface area contributed by atoms with Crippen LogP contribution in [0.15, 0.2) is 23.2 Å². The summed E-state index contributed by atoms with van der Waals surface area (Å²) < 4.78 is 72.5. The molecule has 2 fully saturated rings. The van der Waals surface area contributed by atoms with Crippen molar-refractivity contribution < 1.29 is 31.1 Å². The molecule has 1 atom stereocenters. The molecule has 0 aliphatic carbocycles. The number of ether oxygens (including phenoxy) is 1. The van der Waals surface area contributed by atoms with E-state index in [1.54, 1.807) is 0 Å². The van der Waals surface area contributed by atoms with Gasteiger partial charge in [0.25, 0.3) is 0 Å². The first-order valence-corrected chi connectivity index (χ1v) is 10.4. The Morgan fingerprint density at radius 1 is 1.25 bits per heavy atom. The van der Waals surface area contributed by atoms with E-state index >= 15 is 0 Å². The predicted molar refractivity (Wildman–Crippen MR) is 92.8 cm³/mol. The van der Waals surface area contributed by atoms with Gasteiger partial charge in [0.2, 0.25) is 15.9 Å². The van der Waals surface area contributed by atoms with Crippen LogP contribution in [0.5, 0.6) is 0 Å². The Hall–Kier alpha value is -1.72. The van der Waals surface area contributed by atoms with Crippen LogP contribution in [0, 0.1) is 0 Å². The molecule has 2 saturated heterocycles. The molecule has 0 N–H and O–H groups in total. The average molecular weight is 421 g/mol. The molecule has 1 aromatic heterocycles. The number of aromatic nitrogens is 1. The molecule has 156 valence electrons. The molecule has 1 amide bonds. The van der Waals surface area contributed by atoms with E-state index in [1.807, 2.05) is 0 Å². The summed E-state index contributed by atoms with van der Waals surface area (Å²) in [5.74, 6) is -0.366. The summed E-state index contributed by atoms with van der Waals surface area (Å²) in [6, 6.07) is 2.05. The fourth-order valence-corrected chi connectivity index (χ4v) is 6.07.